The molecule has 7 N–H and O–H groups in total. The maximum absolute atomic E-state index is 14.2. The van der Waals surface area contributed by atoms with Gasteiger partial charge in [0.05, 0.1) is 58.3 Å². The van der Waals surface area contributed by atoms with Crippen LogP contribution in [0.4, 0.5) is 54.0 Å². The Kier molecular flexibility index (Phi) is 30.0. The zero-order valence-electron chi connectivity index (χ0n) is 53.6. The Morgan fingerprint density at radius 2 is 0.960 bits per heavy atom. The minimum absolute atomic E-state index is 0.0379. The second kappa shape index (κ2) is 37.9. The number of halogens is 7. The van der Waals surface area contributed by atoms with Crippen molar-refractivity contribution in [1.29, 1.82) is 0 Å². The molecule has 4 aliphatic rings. The summed E-state index contributed by atoms with van der Waals surface area (Å²) in [6.07, 6.45) is 0.941. The summed E-state index contributed by atoms with van der Waals surface area (Å²) in [4.78, 5) is 108. The monoisotopic (exact) mass is 1450 g/mol. The Morgan fingerprint density at radius 1 is 0.584 bits per heavy atom. The standard InChI is InChI=1S/2C16H16FN3O4.C11H8FN3O2.C8H10FN3O4.C7H12O4.C2H3F3O3S/c2*1-2-13-23-9-12(24-13)20-8-11(17)14(19-16(20)22)18-15(21)10-6-4-3-5-7-10;12-8-6-13-11(17)15-9(8)14-10(16)7-4-2-1-3-5-7;9-4-1-12(8(14)11-7(4)10)5-3-15-6(2-13)16-5;1-3-6-9-4-7(11-6)10-5(2)8;1-8-9(6,7)2(3,4)5/h2*3-8,12-13H,2,9H2,1H3,(H,18,19,21,22);1-6H,(H2,13,14,15,16,17);1,5-6,13H,2-3H2,(H2,10,11,14);6-7H,3-4H2,1-2H3;1H3/t12-,13+;12-,13-;;5-,6-;6-,7?;/m10.00./s1. The molecule has 41 heteroatoms. The number of esters is 1. The molecule has 3 aromatic carbocycles. The summed E-state index contributed by atoms with van der Waals surface area (Å²) in [5.41, 5.74) is -2.06. The predicted octanol–water partition coefficient (Wildman–Crippen LogP) is 4.96. The summed E-state index contributed by atoms with van der Waals surface area (Å²) < 4.78 is 160. The van der Waals surface area contributed by atoms with Crippen LogP contribution in [0.5, 0.6) is 0 Å². The zero-order valence-corrected chi connectivity index (χ0v) is 54.4. The first kappa shape index (κ1) is 79.9. The van der Waals surface area contributed by atoms with Crippen molar-refractivity contribution >= 4 is 57.1 Å². The number of H-pyrrole nitrogens is 1. The second-order valence-electron chi connectivity index (χ2n) is 20.3. The fourth-order valence-corrected chi connectivity index (χ4v) is 8.40. The first-order valence-electron chi connectivity index (χ1n) is 29.7. The number of aliphatic hydroxyl groups is 1. The van der Waals surface area contributed by atoms with Crippen molar-refractivity contribution in [2.45, 2.75) is 103 Å². The van der Waals surface area contributed by atoms with Crippen LogP contribution in [0.25, 0.3) is 0 Å². The fraction of sp³-hybridized carbons (Fsp3) is 0.367. The Bertz CT molecular complexity index is 4150. The van der Waals surface area contributed by atoms with Gasteiger partial charge in [-0.15, -0.1) is 0 Å². The molecule has 3 amide bonds. The molecule has 7 aromatic rings. The minimum Gasteiger partial charge on any atom is -0.433 e. The molecule has 0 spiro atoms. The highest BCUT2D eigenvalue weighted by atomic mass is 32.2. The summed E-state index contributed by atoms with van der Waals surface area (Å²) in [6.45, 7) is 7.35. The third-order valence-corrected chi connectivity index (χ3v) is 14.1. The van der Waals surface area contributed by atoms with E-state index in [4.69, 9.17) is 53.5 Å². The van der Waals surface area contributed by atoms with Crippen molar-refractivity contribution < 1.29 is 110 Å². The number of ether oxygens (including phenoxy) is 9. The first-order valence-corrected chi connectivity index (χ1v) is 31.1. The van der Waals surface area contributed by atoms with Crippen LogP contribution >= 0.6 is 0 Å². The van der Waals surface area contributed by atoms with Gasteiger partial charge in [0.25, 0.3) is 17.7 Å². The Hall–Kier alpha value is -10.1. The number of benzene rings is 3. The van der Waals surface area contributed by atoms with Crippen molar-refractivity contribution in [2.24, 2.45) is 0 Å². The van der Waals surface area contributed by atoms with Gasteiger partial charge >= 0.3 is 44.4 Å². The zero-order chi connectivity index (χ0) is 74.1. The summed E-state index contributed by atoms with van der Waals surface area (Å²) >= 11 is 0. The molecule has 4 fully saturated rings. The van der Waals surface area contributed by atoms with Crippen molar-refractivity contribution in [3.05, 3.63) is 198 Å². The molecule has 4 saturated heterocycles. The van der Waals surface area contributed by atoms with Gasteiger partial charge in [0, 0.05) is 23.6 Å². The van der Waals surface area contributed by atoms with Crippen LogP contribution in [0.3, 0.4) is 0 Å². The van der Waals surface area contributed by atoms with Crippen LogP contribution in [0.2, 0.25) is 0 Å². The highest BCUT2D eigenvalue weighted by Crippen LogP contribution is 2.26. The molecular weight excluding hydrogens is 1390 g/mol. The number of nitrogens with zero attached hydrogens (tertiary/aromatic N) is 7. The first-order chi connectivity index (χ1) is 48.0. The van der Waals surface area contributed by atoms with E-state index in [0.717, 1.165) is 44.9 Å². The summed E-state index contributed by atoms with van der Waals surface area (Å²) in [7, 11) is -4.89. The number of nitrogen functional groups attached to an aromatic ring is 1. The SMILES string of the molecule is CC[C@H]1OCC(OC(C)=O)O1.CC[C@H]1OC[C@@H](n2cc(F)c(NC(=O)c3ccccc3)nc2=O)O1.CC[C@H]1OC[C@H](n2cc(F)c(NC(=O)c3ccccc3)nc2=O)O1.COS(=O)(=O)C(F)(F)F.Nc1nc(=O)n([C@@H]2CO[C@H](CO)O2)cc1F.O=C(Nc1[nH]c(=O)ncc1F)c1ccccc1. The molecule has 0 bridgehead atoms. The van der Waals surface area contributed by atoms with Gasteiger partial charge in [0.2, 0.25) is 6.29 Å². The molecule has 0 saturated carbocycles. The number of nitrogens with one attached hydrogen (secondary N) is 4. The van der Waals surface area contributed by atoms with Crippen molar-refractivity contribution in [2.75, 3.05) is 61.8 Å². The van der Waals surface area contributed by atoms with Gasteiger partial charge < -0.3 is 69.4 Å². The lowest BCUT2D eigenvalue weighted by Crippen LogP contribution is -2.30. The van der Waals surface area contributed by atoms with Crippen LogP contribution in [-0.4, -0.2) is 153 Å². The Labute approximate surface area is 566 Å². The number of amides is 3. The second-order valence-corrected chi connectivity index (χ2v) is 22.0. The van der Waals surface area contributed by atoms with Gasteiger partial charge in [0.15, 0.2) is 90.4 Å². The van der Waals surface area contributed by atoms with E-state index in [1.54, 1.807) is 91.0 Å². The summed E-state index contributed by atoms with van der Waals surface area (Å²) in [5.74, 6) is -6.81. The number of nitrogens with two attached hydrogens (primary N) is 1. The molecule has 8 atom stereocenters. The highest BCUT2D eigenvalue weighted by Gasteiger charge is 2.46. The van der Waals surface area contributed by atoms with Crippen molar-refractivity contribution in [3.63, 3.8) is 0 Å². The number of carbonyl (C=O) groups is 4. The van der Waals surface area contributed by atoms with Gasteiger partial charge in [-0.25, -0.2) is 36.7 Å². The van der Waals surface area contributed by atoms with Crippen LogP contribution in [0, 0.1) is 23.3 Å². The lowest BCUT2D eigenvalue weighted by molar-refractivity contribution is -0.173. The molecular formula is C60H65F7N12O21S. The van der Waals surface area contributed by atoms with Gasteiger partial charge in [-0.2, -0.15) is 41.5 Å². The van der Waals surface area contributed by atoms with E-state index in [1.807, 2.05) is 20.8 Å². The van der Waals surface area contributed by atoms with Crippen molar-refractivity contribution in [1.82, 2.24) is 38.6 Å². The molecule has 546 valence electrons. The van der Waals surface area contributed by atoms with Gasteiger partial charge in [-0.1, -0.05) is 75.4 Å². The topological polar surface area (TPSA) is 427 Å². The maximum atomic E-state index is 14.2. The highest BCUT2D eigenvalue weighted by molar-refractivity contribution is 7.87. The third kappa shape index (κ3) is 23.8. The van der Waals surface area contributed by atoms with E-state index in [-0.39, 0.29) is 44.5 Å². The molecule has 4 aliphatic heterocycles. The Balaban J connectivity index is 0.000000197. The maximum Gasteiger partial charge on any atom is 0.523 e. The number of carbonyl (C=O) groups excluding carboxylic acids is 4. The van der Waals surface area contributed by atoms with Gasteiger partial charge in [-0.05, 0) is 55.7 Å². The summed E-state index contributed by atoms with van der Waals surface area (Å²) in [6, 6.07) is 24.8. The molecule has 101 heavy (non-hydrogen) atoms. The van der Waals surface area contributed by atoms with Gasteiger partial charge in [0.1, 0.15) is 6.61 Å². The number of hydrogen-bond donors (Lipinski definition) is 6. The average Bonchev–Trinajstić information content (AvgIpc) is 1.80. The molecule has 4 aromatic heterocycles. The van der Waals surface area contributed by atoms with Crippen LogP contribution in [0.1, 0.15) is 96.7 Å². The normalized spacial score (nSPS) is 19.7. The lowest BCUT2D eigenvalue weighted by Gasteiger charge is -2.13. The van der Waals surface area contributed by atoms with E-state index in [2.05, 4.69) is 45.1 Å². The number of hydrogen-bond acceptors (Lipinski definition) is 26. The van der Waals surface area contributed by atoms with E-state index >= 15 is 0 Å². The number of aromatic nitrogens is 8. The Morgan fingerprint density at radius 3 is 1.32 bits per heavy atom. The number of rotatable bonds is 15. The van der Waals surface area contributed by atoms with Crippen molar-refractivity contribution in [3.8, 4) is 0 Å². The number of alkyl halides is 3. The molecule has 8 heterocycles. The minimum atomic E-state index is -5.34. The summed E-state index contributed by atoms with van der Waals surface area (Å²) in [5, 5.41) is 15.6. The molecule has 11 rings (SSSR count). The van der Waals surface area contributed by atoms with E-state index in [1.165, 1.54) is 6.92 Å². The average molecular weight is 1460 g/mol. The number of aliphatic hydroxyl groups excluding tert-OH is 1. The van der Waals surface area contributed by atoms with E-state index < -0.39 is 141 Å². The fourth-order valence-electron chi connectivity index (χ4n) is 8.21. The van der Waals surface area contributed by atoms with Crippen LogP contribution in [0.15, 0.2) is 135 Å². The lowest BCUT2D eigenvalue weighted by atomic mass is 10.2. The van der Waals surface area contributed by atoms with Gasteiger partial charge in [-0.3, -0.25) is 42.0 Å². The molecule has 1 unspecified atom stereocenters. The number of aromatic amines is 1. The largest absolute Gasteiger partial charge is 0.523 e. The van der Waals surface area contributed by atoms with E-state index in [9.17, 15) is 77.5 Å². The predicted molar refractivity (Wildman–Crippen MR) is 334 cm³/mol. The quantitative estimate of drug-likeness (QED) is 0.0342. The van der Waals surface area contributed by atoms with Crippen LogP contribution < -0.4 is 44.4 Å². The molecule has 0 aliphatic carbocycles. The van der Waals surface area contributed by atoms with E-state index in [0.29, 0.717) is 43.2 Å². The smallest absolute Gasteiger partial charge is 0.433 e. The number of anilines is 4. The third-order valence-electron chi connectivity index (χ3n) is 13.1. The molecule has 33 nitrogen and oxygen atoms in total. The molecule has 0 radical (unpaired) electrons. The van der Waals surface area contributed by atoms with Crippen LogP contribution in [-0.2, 0) is 61.7 Å².